The standard InChI is InChI=1S/C27H39N3O5/c1-2-3-15-28-25(33)23-27-14-13-20(35-27)21(24(32)29-18-19-11-7-6-8-12-19)22(27)26(34)30(23)16-9-4-5-10-17-31/h6-8,11-12,20-23,31H,2-5,9-10,13-18H2,1H3,(H,28,33)(H,29,32)/t20-,21+,22+,23?,27?/m1/s1. The number of amides is 3. The van der Waals surface area contributed by atoms with Gasteiger partial charge in [0.15, 0.2) is 0 Å². The van der Waals surface area contributed by atoms with Gasteiger partial charge in [-0.25, -0.2) is 0 Å². The highest BCUT2D eigenvalue weighted by molar-refractivity contribution is 5.98. The Bertz CT molecular complexity index is 894. The summed E-state index contributed by atoms with van der Waals surface area (Å²) in [6, 6.07) is 8.99. The molecule has 4 rings (SSSR count). The summed E-state index contributed by atoms with van der Waals surface area (Å²) in [7, 11) is 0. The molecular weight excluding hydrogens is 446 g/mol. The molecule has 0 saturated carbocycles. The average molecular weight is 486 g/mol. The van der Waals surface area contributed by atoms with E-state index in [4.69, 9.17) is 9.84 Å². The van der Waals surface area contributed by atoms with Crippen LogP contribution in [0.25, 0.3) is 0 Å². The maximum Gasteiger partial charge on any atom is 0.245 e. The number of ether oxygens (including phenoxy) is 1. The average Bonchev–Trinajstić information content (AvgIpc) is 3.50. The number of hydrogen-bond donors (Lipinski definition) is 3. The molecule has 2 bridgehead atoms. The molecule has 1 aromatic rings. The smallest absolute Gasteiger partial charge is 0.245 e. The minimum absolute atomic E-state index is 0.134. The van der Waals surface area contributed by atoms with Crippen LogP contribution in [0.4, 0.5) is 0 Å². The number of unbranched alkanes of at least 4 members (excludes halogenated alkanes) is 4. The van der Waals surface area contributed by atoms with Crippen LogP contribution in [0.5, 0.6) is 0 Å². The Morgan fingerprint density at radius 1 is 1.09 bits per heavy atom. The molecule has 3 aliphatic rings. The van der Waals surface area contributed by atoms with Crippen LogP contribution in [-0.2, 0) is 25.7 Å². The minimum Gasteiger partial charge on any atom is -0.396 e. The maximum absolute atomic E-state index is 13.8. The van der Waals surface area contributed by atoms with Crippen molar-refractivity contribution < 1.29 is 24.2 Å². The minimum atomic E-state index is -0.933. The summed E-state index contributed by atoms with van der Waals surface area (Å²) in [6.07, 6.45) is 6.03. The number of nitrogens with zero attached hydrogens (tertiary/aromatic N) is 1. The van der Waals surface area contributed by atoms with Crippen LogP contribution in [0, 0.1) is 11.8 Å². The Labute approximate surface area is 207 Å². The summed E-state index contributed by atoms with van der Waals surface area (Å²) in [5.74, 6) is -1.68. The van der Waals surface area contributed by atoms with Gasteiger partial charge < -0.3 is 25.4 Å². The van der Waals surface area contributed by atoms with Gasteiger partial charge in [-0.05, 0) is 37.7 Å². The molecule has 0 aliphatic carbocycles. The van der Waals surface area contributed by atoms with Crippen molar-refractivity contribution >= 4 is 17.7 Å². The Balaban J connectivity index is 1.52. The van der Waals surface area contributed by atoms with Gasteiger partial charge in [-0.15, -0.1) is 0 Å². The van der Waals surface area contributed by atoms with Crippen LogP contribution >= 0.6 is 0 Å². The van der Waals surface area contributed by atoms with Crippen molar-refractivity contribution in [2.45, 2.75) is 82.6 Å². The predicted octanol–water partition coefficient (Wildman–Crippen LogP) is 2.15. The lowest BCUT2D eigenvalue weighted by atomic mass is 9.70. The lowest BCUT2D eigenvalue weighted by Crippen LogP contribution is -2.55. The number of aliphatic hydroxyl groups is 1. The second-order valence-corrected chi connectivity index (χ2v) is 10.1. The van der Waals surface area contributed by atoms with E-state index in [1.54, 1.807) is 4.90 Å². The van der Waals surface area contributed by atoms with Crippen molar-refractivity contribution in [1.29, 1.82) is 0 Å². The highest BCUT2D eigenvalue weighted by Gasteiger charge is 2.74. The lowest BCUT2D eigenvalue weighted by molar-refractivity contribution is -0.142. The van der Waals surface area contributed by atoms with Crippen LogP contribution in [0.15, 0.2) is 30.3 Å². The highest BCUT2D eigenvalue weighted by Crippen LogP contribution is 2.58. The number of rotatable bonds is 13. The molecule has 5 atom stereocenters. The number of benzene rings is 1. The third-order valence-electron chi connectivity index (χ3n) is 7.80. The molecule has 3 heterocycles. The summed E-state index contributed by atoms with van der Waals surface area (Å²) >= 11 is 0. The fourth-order valence-corrected chi connectivity index (χ4v) is 6.13. The zero-order valence-corrected chi connectivity index (χ0v) is 20.7. The summed E-state index contributed by atoms with van der Waals surface area (Å²) in [5, 5.41) is 15.1. The van der Waals surface area contributed by atoms with Gasteiger partial charge in [0.1, 0.15) is 11.6 Å². The molecular formula is C27H39N3O5. The van der Waals surface area contributed by atoms with Gasteiger partial charge in [0, 0.05) is 26.2 Å². The molecule has 35 heavy (non-hydrogen) atoms. The number of carbonyl (C=O) groups excluding carboxylic acids is 3. The molecule has 1 spiro atoms. The van der Waals surface area contributed by atoms with Crippen molar-refractivity contribution in [3.8, 4) is 0 Å². The fraction of sp³-hybridized carbons (Fsp3) is 0.667. The van der Waals surface area contributed by atoms with Crippen LogP contribution in [-0.4, -0.2) is 65.2 Å². The Morgan fingerprint density at radius 3 is 2.60 bits per heavy atom. The molecule has 1 aromatic carbocycles. The first-order chi connectivity index (χ1) is 17.0. The molecule has 8 heteroatoms. The fourth-order valence-electron chi connectivity index (χ4n) is 6.13. The zero-order valence-electron chi connectivity index (χ0n) is 20.7. The van der Waals surface area contributed by atoms with Crippen molar-refractivity contribution in [1.82, 2.24) is 15.5 Å². The van der Waals surface area contributed by atoms with Crippen LogP contribution in [0.2, 0.25) is 0 Å². The summed E-state index contributed by atoms with van der Waals surface area (Å²) in [5.41, 5.74) is 0.0628. The van der Waals surface area contributed by atoms with Crippen LogP contribution in [0.1, 0.15) is 63.9 Å². The molecule has 3 fully saturated rings. The molecule has 8 nitrogen and oxygen atoms in total. The monoisotopic (exact) mass is 485 g/mol. The second-order valence-electron chi connectivity index (χ2n) is 10.1. The molecule has 3 amide bonds. The Morgan fingerprint density at radius 2 is 1.86 bits per heavy atom. The van der Waals surface area contributed by atoms with Gasteiger partial charge in [-0.1, -0.05) is 56.5 Å². The first kappa shape index (κ1) is 25.6. The molecule has 3 aliphatic heterocycles. The van der Waals surface area contributed by atoms with E-state index in [1.807, 2.05) is 30.3 Å². The zero-order chi connectivity index (χ0) is 24.8. The van der Waals surface area contributed by atoms with Gasteiger partial charge in [0.25, 0.3) is 0 Å². The van der Waals surface area contributed by atoms with Gasteiger partial charge in [0.05, 0.1) is 17.9 Å². The van der Waals surface area contributed by atoms with Crippen LogP contribution < -0.4 is 10.6 Å². The van der Waals surface area contributed by atoms with Crippen molar-refractivity contribution in [2.24, 2.45) is 11.8 Å². The van der Waals surface area contributed by atoms with E-state index < -0.39 is 23.5 Å². The van der Waals surface area contributed by atoms with E-state index in [2.05, 4.69) is 17.6 Å². The third kappa shape index (κ3) is 5.09. The normalized spacial score (nSPS) is 28.9. The van der Waals surface area contributed by atoms with Gasteiger partial charge in [0.2, 0.25) is 17.7 Å². The maximum atomic E-state index is 13.8. The van der Waals surface area contributed by atoms with Gasteiger partial charge >= 0.3 is 0 Å². The third-order valence-corrected chi connectivity index (χ3v) is 7.80. The Kier molecular flexibility index (Phi) is 8.44. The number of nitrogens with one attached hydrogen (secondary N) is 2. The van der Waals surface area contributed by atoms with Crippen molar-refractivity contribution in [3.63, 3.8) is 0 Å². The first-order valence-corrected chi connectivity index (χ1v) is 13.2. The molecule has 0 radical (unpaired) electrons. The number of carbonyl (C=O) groups is 3. The molecule has 0 aromatic heterocycles. The van der Waals surface area contributed by atoms with Crippen LogP contribution in [0.3, 0.4) is 0 Å². The van der Waals surface area contributed by atoms with Gasteiger partial charge in [-0.2, -0.15) is 0 Å². The van der Waals surface area contributed by atoms with E-state index in [-0.39, 0.29) is 30.4 Å². The van der Waals surface area contributed by atoms with Crippen molar-refractivity contribution in [3.05, 3.63) is 35.9 Å². The SMILES string of the molecule is CCCCNC(=O)C1N(CCCCCCO)C(=O)[C@@H]2[C@@H](C(=O)NCc3ccccc3)[C@H]3CCC12O3. The topological polar surface area (TPSA) is 108 Å². The molecule has 2 unspecified atom stereocenters. The van der Waals surface area contributed by atoms with E-state index in [9.17, 15) is 14.4 Å². The van der Waals surface area contributed by atoms with Gasteiger partial charge in [-0.3, -0.25) is 14.4 Å². The number of fused-ring (bicyclic) bond motifs is 1. The Hall–Kier alpha value is -2.45. The highest BCUT2D eigenvalue weighted by atomic mass is 16.5. The quantitative estimate of drug-likeness (QED) is 0.371. The largest absolute Gasteiger partial charge is 0.396 e. The number of hydrogen-bond acceptors (Lipinski definition) is 5. The summed E-state index contributed by atoms with van der Waals surface area (Å²) < 4.78 is 6.44. The molecule has 3 N–H and O–H groups in total. The molecule has 192 valence electrons. The molecule has 3 saturated heterocycles. The van der Waals surface area contributed by atoms with E-state index in [1.165, 1.54) is 0 Å². The number of likely N-dealkylation sites (tertiary alicyclic amines) is 1. The van der Waals surface area contributed by atoms with E-state index in [0.717, 1.165) is 44.1 Å². The number of aliphatic hydroxyl groups excluding tert-OH is 1. The second kappa shape index (κ2) is 11.5. The van der Waals surface area contributed by atoms with E-state index in [0.29, 0.717) is 32.5 Å². The van der Waals surface area contributed by atoms with Crippen molar-refractivity contribution in [2.75, 3.05) is 19.7 Å². The first-order valence-electron chi connectivity index (χ1n) is 13.2. The summed E-state index contributed by atoms with van der Waals surface area (Å²) in [4.78, 5) is 42.2. The van der Waals surface area contributed by atoms with E-state index >= 15 is 0 Å². The lowest BCUT2D eigenvalue weighted by Gasteiger charge is -2.33. The predicted molar refractivity (Wildman–Crippen MR) is 131 cm³/mol. The summed E-state index contributed by atoms with van der Waals surface area (Å²) in [6.45, 7) is 3.65.